The van der Waals surface area contributed by atoms with Gasteiger partial charge in [0.25, 0.3) is 0 Å². The number of hydrogen-bond acceptors (Lipinski definition) is 8. The van der Waals surface area contributed by atoms with Crippen molar-refractivity contribution in [3.63, 3.8) is 0 Å². The van der Waals surface area contributed by atoms with Crippen LogP contribution in [-0.2, 0) is 14.3 Å². The molecule has 9 nitrogen and oxygen atoms in total. The molecule has 0 aromatic rings. The molecule has 0 aliphatic carbocycles. The summed E-state index contributed by atoms with van der Waals surface area (Å²) in [5.74, 6) is -0.223. The minimum Gasteiger partial charge on any atom is -0.394 e. The summed E-state index contributed by atoms with van der Waals surface area (Å²) in [4.78, 5) is 13.1. The van der Waals surface area contributed by atoms with Crippen molar-refractivity contribution in [2.75, 3.05) is 13.2 Å². The van der Waals surface area contributed by atoms with Gasteiger partial charge in [0.15, 0.2) is 6.29 Å². The Hall–Kier alpha value is -3.67. The molecule has 0 aromatic heterocycles. The number of unbranched alkanes of at least 4 members (excludes halogenated alkanes) is 23. The molecule has 1 heterocycles. The minimum absolute atomic E-state index is 0.214. The number of aliphatic hydroxyl groups is 5. The van der Waals surface area contributed by atoms with Crippen molar-refractivity contribution in [2.24, 2.45) is 0 Å². The van der Waals surface area contributed by atoms with Crippen LogP contribution < -0.4 is 5.32 Å². The fraction of sp³-hybridized carbons (Fsp3) is 0.671. The second-order valence-electron chi connectivity index (χ2n) is 21.5. The Morgan fingerprint density at radius 1 is 0.443 bits per heavy atom. The quantitative estimate of drug-likeness (QED) is 0.0261. The molecule has 1 fully saturated rings. The lowest BCUT2D eigenvalue weighted by Gasteiger charge is -2.40. The van der Waals surface area contributed by atoms with Crippen molar-refractivity contribution in [1.29, 1.82) is 0 Å². The first-order valence-electron chi connectivity index (χ1n) is 31.9. The summed E-state index contributed by atoms with van der Waals surface area (Å²) < 4.78 is 11.3. The standard InChI is InChI=1S/C70H117NO8/c1-3-5-7-9-11-13-15-17-19-21-23-25-27-28-29-30-31-32-33-34-35-36-38-40-42-44-46-48-50-52-54-56-58-60-66(74)71-63(62-78-70-69(77)68(76)67(75)65(61-72)79-70)64(73)59-57-55-53-51-49-47-45-43-41-39-37-26-24-22-20-18-16-14-12-10-8-6-4-2/h5,7,11,13,17,19,23,25,28-29,31-32,34-35,38,40,44,46,50,52,57,59,63-65,67-70,72-73,75-77H,3-4,6,8-10,12,14-16,18,20-22,24,26-27,30,33,36-37,39,41-43,45,47-49,51,53-56,58,60-62H2,1-2H3,(H,71,74)/b7-5-,13-11-,19-17-,25-23-,29-28-,32-31-,35-34-,40-38-,46-44-,52-50-,59-57+. The molecule has 0 saturated carbocycles. The van der Waals surface area contributed by atoms with Gasteiger partial charge in [0.2, 0.25) is 5.91 Å². The second-order valence-corrected chi connectivity index (χ2v) is 21.5. The van der Waals surface area contributed by atoms with Crippen LogP contribution in [0.25, 0.3) is 0 Å². The minimum atomic E-state index is -1.58. The van der Waals surface area contributed by atoms with Gasteiger partial charge < -0.3 is 40.3 Å². The van der Waals surface area contributed by atoms with Gasteiger partial charge in [-0.2, -0.15) is 0 Å². The van der Waals surface area contributed by atoms with E-state index in [1.165, 1.54) is 122 Å². The van der Waals surface area contributed by atoms with Crippen LogP contribution in [-0.4, -0.2) is 87.5 Å². The number of carbonyl (C=O) groups excluding carboxylic acids is 1. The summed E-state index contributed by atoms with van der Waals surface area (Å²) in [6, 6.07) is -0.840. The van der Waals surface area contributed by atoms with Gasteiger partial charge >= 0.3 is 0 Å². The molecule has 7 atom stereocenters. The molecule has 0 bridgehead atoms. The highest BCUT2D eigenvalue weighted by Gasteiger charge is 2.44. The van der Waals surface area contributed by atoms with E-state index in [1.807, 2.05) is 6.08 Å². The lowest BCUT2D eigenvalue weighted by molar-refractivity contribution is -0.302. The van der Waals surface area contributed by atoms with Gasteiger partial charge in [0.1, 0.15) is 24.4 Å². The number of aliphatic hydroxyl groups excluding tert-OH is 5. The number of nitrogens with one attached hydrogen (secondary N) is 1. The van der Waals surface area contributed by atoms with E-state index in [1.54, 1.807) is 6.08 Å². The zero-order valence-electron chi connectivity index (χ0n) is 50.1. The topological polar surface area (TPSA) is 149 Å². The number of hydrogen-bond donors (Lipinski definition) is 6. The van der Waals surface area contributed by atoms with Crippen molar-refractivity contribution in [3.05, 3.63) is 134 Å². The normalized spacial score (nSPS) is 19.5. The Balaban J connectivity index is 2.26. The van der Waals surface area contributed by atoms with E-state index in [0.29, 0.717) is 6.42 Å². The highest BCUT2D eigenvalue weighted by molar-refractivity contribution is 5.76. The number of carbonyl (C=O) groups is 1. The summed E-state index contributed by atoms with van der Waals surface area (Å²) in [6.07, 6.45) is 81.0. The van der Waals surface area contributed by atoms with Crippen molar-refractivity contribution in [2.45, 2.75) is 288 Å². The predicted octanol–water partition coefficient (Wildman–Crippen LogP) is 16.9. The summed E-state index contributed by atoms with van der Waals surface area (Å²) >= 11 is 0. The van der Waals surface area contributed by atoms with E-state index in [0.717, 1.165) is 96.3 Å². The van der Waals surface area contributed by atoms with Gasteiger partial charge in [-0.05, 0) is 96.3 Å². The van der Waals surface area contributed by atoms with Gasteiger partial charge in [0.05, 0.1) is 25.4 Å². The molecule has 450 valence electrons. The molecule has 1 aliphatic rings. The van der Waals surface area contributed by atoms with Gasteiger partial charge in [-0.15, -0.1) is 0 Å². The second kappa shape index (κ2) is 57.6. The zero-order chi connectivity index (χ0) is 57.2. The Bertz CT molecular complexity index is 1700. The maximum atomic E-state index is 13.1. The van der Waals surface area contributed by atoms with Crippen LogP contribution in [0.3, 0.4) is 0 Å². The van der Waals surface area contributed by atoms with E-state index in [2.05, 4.69) is 141 Å². The van der Waals surface area contributed by atoms with Gasteiger partial charge in [0, 0.05) is 6.42 Å². The lowest BCUT2D eigenvalue weighted by atomic mass is 9.99. The fourth-order valence-electron chi connectivity index (χ4n) is 9.24. The summed E-state index contributed by atoms with van der Waals surface area (Å²) in [6.45, 7) is 3.65. The van der Waals surface area contributed by atoms with E-state index >= 15 is 0 Å². The Morgan fingerprint density at radius 3 is 1.16 bits per heavy atom. The Labute approximate surface area is 483 Å². The molecule has 1 aliphatic heterocycles. The zero-order valence-corrected chi connectivity index (χ0v) is 50.1. The van der Waals surface area contributed by atoms with Crippen LogP contribution in [0.15, 0.2) is 134 Å². The Kier molecular flexibility index (Phi) is 53.4. The van der Waals surface area contributed by atoms with E-state index in [4.69, 9.17) is 9.47 Å². The first-order valence-corrected chi connectivity index (χ1v) is 31.9. The third kappa shape index (κ3) is 46.6. The molecule has 7 unspecified atom stereocenters. The van der Waals surface area contributed by atoms with Crippen LogP contribution in [0.1, 0.15) is 245 Å². The molecule has 1 amide bonds. The number of rotatable bonds is 53. The summed E-state index contributed by atoms with van der Waals surface area (Å²) in [5, 5.41) is 54.6. The first kappa shape index (κ1) is 73.3. The fourth-order valence-corrected chi connectivity index (χ4v) is 9.24. The molecular formula is C70H117NO8. The van der Waals surface area contributed by atoms with E-state index < -0.39 is 49.5 Å². The van der Waals surface area contributed by atoms with Crippen LogP contribution in [0.2, 0.25) is 0 Å². The number of ether oxygens (including phenoxy) is 2. The maximum Gasteiger partial charge on any atom is 0.220 e. The lowest BCUT2D eigenvalue weighted by Crippen LogP contribution is -2.60. The largest absolute Gasteiger partial charge is 0.394 e. The van der Waals surface area contributed by atoms with Crippen LogP contribution >= 0.6 is 0 Å². The smallest absolute Gasteiger partial charge is 0.220 e. The highest BCUT2D eigenvalue weighted by atomic mass is 16.7. The molecule has 6 N–H and O–H groups in total. The molecule has 79 heavy (non-hydrogen) atoms. The maximum absolute atomic E-state index is 13.1. The van der Waals surface area contributed by atoms with Crippen LogP contribution in [0.4, 0.5) is 0 Å². The molecule has 9 heteroatoms. The number of amides is 1. The molecule has 1 saturated heterocycles. The van der Waals surface area contributed by atoms with E-state index in [9.17, 15) is 30.3 Å². The third-order valence-corrected chi connectivity index (χ3v) is 14.2. The third-order valence-electron chi connectivity index (χ3n) is 14.2. The SMILES string of the molecule is CC/C=C\C/C=C\C/C=C\C/C=C\C/C=C\C/C=C\C/C=C\C/C=C\C/C=C\C/C=C\CCCCC(=O)NC(COC1OC(CO)C(O)C(O)C1O)C(O)/C=C/CCCCCCCCCCCCCCCCCCCCCCC. The van der Waals surface area contributed by atoms with Crippen LogP contribution in [0, 0.1) is 0 Å². The van der Waals surface area contributed by atoms with Crippen LogP contribution in [0.5, 0.6) is 0 Å². The van der Waals surface area contributed by atoms with Gasteiger partial charge in [-0.3, -0.25) is 4.79 Å². The Morgan fingerprint density at radius 2 is 0.785 bits per heavy atom. The molecule has 0 radical (unpaired) electrons. The molecular weight excluding hydrogens is 983 g/mol. The molecule has 0 spiro atoms. The average molecular weight is 1100 g/mol. The van der Waals surface area contributed by atoms with Gasteiger partial charge in [-0.1, -0.05) is 276 Å². The van der Waals surface area contributed by atoms with Crippen molar-refractivity contribution in [3.8, 4) is 0 Å². The summed E-state index contributed by atoms with van der Waals surface area (Å²) in [5.41, 5.74) is 0. The van der Waals surface area contributed by atoms with Crippen molar-refractivity contribution < 1.29 is 39.8 Å². The molecule has 0 aromatic carbocycles. The van der Waals surface area contributed by atoms with Crippen molar-refractivity contribution >= 4 is 5.91 Å². The predicted molar refractivity (Wildman–Crippen MR) is 336 cm³/mol. The monoisotopic (exact) mass is 1100 g/mol. The highest BCUT2D eigenvalue weighted by Crippen LogP contribution is 2.23. The van der Waals surface area contributed by atoms with Crippen molar-refractivity contribution in [1.82, 2.24) is 5.32 Å². The average Bonchev–Trinajstić information content (AvgIpc) is 3.47. The number of allylic oxidation sites excluding steroid dienone is 21. The van der Waals surface area contributed by atoms with Gasteiger partial charge in [-0.25, -0.2) is 0 Å². The first-order chi connectivity index (χ1) is 38.8. The molecule has 1 rings (SSSR count). The summed E-state index contributed by atoms with van der Waals surface area (Å²) in [7, 11) is 0. The van der Waals surface area contributed by atoms with E-state index in [-0.39, 0.29) is 18.9 Å².